The molecular formula is C14H15BrFN3. The molecule has 0 radical (unpaired) electrons. The third-order valence-electron chi connectivity index (χ3n) is 3.06. The molecule has 0 bridgehead atoms. The van der Waals surface area contributed by atoms with Gasteiger partial charge in [0.2, 0.25) is 0 Å². The van der Waals surface area contributed by atoms with Crippen LogP contribution in [0.25, 0.3) is 0 Å². The molecule has 100 valence electrons. The van der Waals surface area contributed by atoms with Gasteiger partial charge in [-0.15, -0.1) is 0 Å². The van der Waals surface area contributed by atoms with Gasteiger partial charge in [0.05, 0.1) is 0 Å². The van der Waals surface area contributed by atoms with Crippen molar-refractivity contribution in [2.24, 2.45) is 0 Å². The molecule has 0 amide bonds. The van der Waals surface area contributed by atoms with Gasteiger partial charge in [0.1, 0.15) is 5.82 Å². The normalized spacial score (nSPS) is 12.4. The van der Waals surface area contributed by atoms with Gasteiger partial charge < -0.3 is 11.1 Å². The zero-order valence-corrected chi connectivity index (χ0v) is 12.1. The summed E-state index contributed by atoms with van der Waals surface area (Å²) in [6.07, 6.45) is 3.94. The lowest BCUT2D eigenvalue weighted by atomic mass is 9.98. The van der Waals surface area contributed by atoms with E-state index in [2.05, 4.69) is 26.2 Å². The van der Waals surface area contributed by atoms with Gasteiger partial charge in [0, 0.05) is 34.2 Å². The monoisotopic (exact) mass is 323 g/mol. The number of pyridine rings is 1. The van der Waals surface area contributed by atoms with Crippen molar-refractivity contribution in [1.29, 1.82) is 0 Å². The lowest BCUT2D eigenvalue weighted by Crippen LogP contribution is -2.21. The van der Waals surface area contributed by atoms with Gasteiger partial charge in [-0.05, 0) is 37.2 Å². The van der Waals surface area contributed by atoms with E-state index in [0.29, 0.717) is 17.7 Å². The van der Waals surface area contributed by atoms with Gasteiger partial charge in [-0.2, -0.15) is 0 Å². The topological polar surface area (TPSA) is 50.9 Å². The van der Waals surface area contributed by atoms with Crippen molar-refractivity contribution in [3.05, 3.63) is 58.1 Å². The SMILES string of the molecule is CNC(Cc1cnccc1N)c1c(F)cccc1Br. The number of nitrogens with two attached hydrogens (primary N) is 1. The van der Waals surface area contributed by atoms with Crippen LogP contribution in [0.5, 0.6) is 0 Å². The second-order valence-electron chi connectivity index (χ2n) is 4.26. The maximum atomic E-state index is 14.0. The smallest absolute Gasteiger partial charge is 0.129 e. The zero-order chi connectivity index (χ0) is 13.8. The second-order valence-corrected chi connectivity index (χ2v) is 5.11. The van der Waals surface area contributed by atoms with E-state index in [-0.39, 0.29) is 11.9 Å². The third kappa shape index (κ3) is 3.11. The number of halogens is 2. The summed E-state index contributed by atoms with van der Waals surface area (Å²) < 4.78 is 14.7. The molecule has 1 unspecified atom stereocenters. The number of nitrogen functional groups attached to an aromatic ring is 1. The van der Waals surface area contributed by atoms with Crippen molar-refractivity contribution in [2.45, 2.75) is 12.5 Å². The number of anilines is 1. The Morgan fingerprint density at radius 3 is 2.84 bits per heavy atom. The van der Waals surface area contributed by atoms with Gasteiger partial charge in [0.25, 0.3) is 0 Å². The Labute approximate surface area is 120 Å². The molecule has 1 heterocycles. The van der Waals surface area contributed by atoms with Crippen LogP contribution in [0.4, 0.5) is 10.1 Å². The Hall–Kier alpha value is -1.46. The highest BCUT2D eigenvalue weighted by atomic mass is 79.9. The van der Waals surface area contributed by atoms with E-state index in [9.17, 15) is 4.39 Å². The average Bonchev–Trinajstić information content (AvgIpc) is 2.39. The number of nitrogens with zero attached hydrogens (tertiary/aromatic N) is 1. The number of hydrogen-bond acceptors (Lipinski definition) is 3. The maximum Gasteiger partial charge on any atom is 0.129 e. The van der Waals surface area contributed by atoms with Crippen LogP contribution in [-0.4, -0.2) is 12.0 Å². The highest BCUT2D eigenvalue weighted by molar-refractivity contribution is 9.10. The molecule has 3 nitrogen and oxygen atoms in total. The molecule has 0 saturated carbocycles. The minimum absolute atomic E-state index is 0.165. The van der Waals surface area contributed by atoms with Gasteiger partial charge in [-0.1, -0.05) is 22.0 Å². The van der Waals surface area contributed by atoms with Crippen LogP contribution in [0.3, 0.4) is 0 Å². The fourth-order valence-electron chi connectivity index (χ4n) is 2.02. The van der Waals surface area contributed by atoms with E-state index >= 15 is 0 Å². The zero-order valence-electron chi connectivity index (χ0n) is 10.5. The molecule has 3 N–H and O–H groups in total. The first kappa shape index (κ1) is 14.0. The molecule has 2 rings (SSSR count). The van der Waals surface area contributed by atoms with Crippen molar-refractivity contribution in [2.75, 3.05) is 12.8 Å². The average molecular weight is 324 g/mol. The fourth-order valence-corrected chi connectivity index (χ4v) is 2.64. The molecular weight excluding hydrogens is 309 g/mol. The molecule has 1 atom stereocenters. The fraction of sp³-hybridized carbons (Fsp3) is 0.214. The molecule has 5 heteroatoms. The number of nitrogens with one attached hydrogen (secondary N) is 1. The number of likely N-dealkylation sites (N-methyl/N-ethyl adjacent to an activating group) is 1. The summed E-state index contributed by atoms with van der Waals surface area (Å²) in [7, 11) is 1.80. The molecule has 0 aliphatic rings. The third-order valence-corrected chi connectivity index (χ3v) is 3.75. The molecule has 0 aliphatic heterocycles. The summed E-state index contributed by atoms with van der Waals surface area (Å²) >= 11 is 3.39. The molecule has 19 heavy (non-hydrogen) atoms. The van der Waals surface area contributed by atoms with Crippen LogP contribution in [0.1, 0.15) is 17.2 Å². The number of rotatable bonds is 4. The van der Waals surface area contributed by atoms with E-state index in [4.69, 9.17) is 5.73 Å². The first-order valence-electron chi connectivity index (χ1n) is 5.93. The van der Waals surface area contributed by atoms with Crippen LogP contribution >= 0.6 is 15.9 Å². The lowest BCUT2D eigenvalue weighted by Gasteiger charge is -2.19. The van der Waals surface area contributed by atoms with Crippen LogP contribution < -0.4 is 11.1 Å². The summed E-state index contributed by atoms with van der Waals surface area (Å²) in [5.41, 5.74) is 8.08. The number of hydrogen-bond donors (Lipinski definition) is 2. The molecule has 0 spiro atoms. The Morgan fingerprint density at radius 2 is 2.21 bits per heavy atom. The summed E-state index contributed by atoms with van der Waals surface area (Å²) in [6.45, 7) is 0. The summed E-state index contributed by atoms with van der Waals surface area (Å²) in [5, 5.41) is 3.12. The van der Waals surface area contributed by atoms with Gasteiger partial charge >= 0.3 is 0 Å². The quantitative estimate of drug-likeness (QED) is 0.909. The number of benzene rings is 1. The Kier molecular flexibility index (Phi) is 4.50. The summed E-state index contributed by atoms with van der Waals surface area (Å²) in [4.78, 5) is 4.06. The molecule has 0 saturated heterocycles. The minimum Gasteiger partial charge on any atom is -0.398 e. The standard InChI is InChI=1S/C14H15BrFN3/c1-18-13(7-9-8-19-6-5-12(9)17)14-10(15)3-2-4-11(14)16/h2-6,8,13,18H,7H2,1H3,(H2,17,19). The number of aromatic nitrogens is 1. The van der Waals surface area contributed by atoms with Gasteiger partial charge in [-0.3, -0.25) is 4.98 Å². The predicted molar refractivity (Wildman–Crippen MR) is 78.3 cm³/mol. The Bertz CT molecular complexity index is 554. The highest BCUT2D eigenvalue weighted by Crippen LogP contribution is 2.29. The highest BCUT2D eigenvalue weighted by Gasteiger charge is 2.18. The minimum atomic E-state index is -0.240. The van der Waals surface area contributed by atoms with Gasteiger partial charge in [0.15, 0.2) is 0 Å². The summed E-state index contributed by atoms with van der Waals surface area (Å²) in [5.74, 6) is -0.240. The van der Waals surface area contributed by atoms with Crippen LogP contribution in [0.2, 0.25) is 0 Å². The van der Waals surface area contributed by atoms with E-state index in [1.54, 1.807) is 31.6 Å². The van der Waals surface area contributed by atoms with Crippen molar-refractivity contribution in [1.82, 2.24) is 10.3 Å². The van der Waals surface area contributed by atoms with Crippen molar-refractivity contribution in [3.8, 4) is 0 Å². The molecule has 1 aromatic carbocycles. The molecule has 1 aromatic heterocycles. The van der Waals surface area contributed by atoms with Crippen molar-refractivity contribution < 1.29 is 4.39 Å². The maximum absolute atomic E-state index is 14.0. The Morgan fingerprint density at radius 1 is 1.42 bits per heavy atom. The van der Waals surface area contributed by atoms with Crippen LogP contribution in [-0.2, 0) is 6.42 Å². The molecule has 0 fully saturated rings. The first-order chi connectivity index (χ1) is 9.13. The molecule has 2 aromatic rings. The second kappa shape index (κ2) is 6.12. The predicted octanol–water partition coefficient (Wildman–Crippen LogP) is 3.07. The van der Waals surface area contributed by atoms with E-state index in [1.165, 1.54) is 6.07 Å². The van der Waals surface area contributed by atoms with Crippen LogP contribution in [0.15, 0.2) is 41.1 Å². The Balaban J connectivity index is 2.34. The van der Waals surface area contributed by atoms with Crippen molar-refractivity contribution in [3.63, 3.8) is 0 Å². The van der Waals surface area contributed by atoms with Crippen molar-refractivity contribution >= 4 is 21.6 Å². The first-order valence-corrected chi connectivity index (χ1v) is 6.72. The summed E-state index contributed by atoms with van der Waals surface area (Å²) in [6, 6.07) is 6.54. The van der Waals surface area contributed by atoms with E-state index in [0.717, 1.165) is 10.0 Å². The van der Waals surface area contributed by atoms with E-state index < -0.39 is 0 Å². The van der Waals surface area contributed by atoms with Gasteiger partial charge in [-0.25, -0.2) is 4.39 Å². The van der Waals surface area contributed by atoms with E-state index in [1.807, 2.05) is 6.07 Å². The largest absolute Gasteiger partial charge is 0.398 e. The lowest BCUT2D eigenvalue weighted by molar-refractivity contribution is 0.531. The molecule has 0 aliphatic carbocycles. The van der Waals surface area contributed by atoms with Crippen LogP contribution in [0, 0.1) is 5.82 Å².